The highest BCUT2D eigenvalue weighted by molar-refractivity contribution is 5.79. The van der Waals surface area contributed by atoms with Crippen molar-refractivity contribution in [3.05, 3.63) is 12.3 Å². The van der Waals surface area contributed by atoms with Crippen LogP contribution in [0.4, 0.5) is 0 Å². The second kappa shape index (κ2) is 5.63. The van der Waals surface area contributed by atoms with E-state index in [-0.39, 0.29) is 0 Å². The van der Waals surface area contributed by atoms with Crippen LogP contribution in [-0.2, 0) is 0 Å². The number of rotatable bonds is 2. The number of guanidine groups is 1. The first-order chi connectivity index (χ1) is 5.63. The summed E-state index contributed by atoms with van der Waals surface area (Å²) in [6.45, 7) is 5.03. The van der Waals surface area contributed by atoms with Gasteiger partial charge in [0.15, 0.2) is 5.96 Å². The molecule has 12 heavy (non-hydrogen) atoms. The molecule has 0 radical (unpaired) electrons. The zero-order valence-corrected chi connectivity index (χ0v) is 8.70. The van der Waals surface area contributed by atoms with Gasteiger partial charge in [0.25, 0.3) is 0 Å². The summed E-state index contributed by atoms with van der Waals surface area (Å²) in [5.41, 5.74) is 0. The molecule has 0 aliphatic rings. The van der Waals surface area contributed by atoms with E-state index in [1.54, 1.807) is 0 Å². The van der Waals surface area contributed by atoms with Crippen LogP contribution < -0.4 is 0 Å². The zero-order valence-electron chi connectivity index (χ0n) is 8.70. The summed E-state index contributed by atoms with van der Waals surface area (Å²) in [6.07, 6.45) is 3.73. The van der Waals surface area contributed by atoms with E-state index in [0.717, 1.165) is 12.5 Å². The van der Waals surface area contributed by atoms with Crippen molar-refractivity contribution in [1.29, 1.82) is 0 Å². The fourth-order valence-electron chi connectivity index (χ4n) is 0.838. The molecule has 0 bridgehead atoms. The first kappa shape index (κ1) is 11.0. The molecule has 0 saturated heterocycles. The molecule has 3 nitrogen and oxygen atoms in total. The first-order valence-corrected chi connectivity index (χ1v) is 4.20. The molecule has 0 aromatic rings. The molecule has 0 aliphatic carbocycles. The van der Waals surface area contributed by atoms with Gasteiger partial charge in [-0.1, -0.05) is 6.08 Å². The standard InChI is InChI=1S/C9H19N3/c1-6-8-10-9(11(3)4)12(5)7-2/h6,8H,7H2,1-5H3/b8-6+,10-9+. The maximum Gasteiger partial charge on any atom is 0.200 e. The topological polar surface area (TPSA) is 18.8 Å². The Hall–Kier alpha value is -0.990. The lowest BCUT2D eigenvalue weighted by Crippen LogP contribution is -2.37. The third-order valence-electron chi connectivity index (χ3n) is 1.55. The number of nitrogens with zero attached hydrogens (tertiary/aromatic N) is 3. The van der Waals surface area contributed by atoms with Crippen LogP contribution in [0.25, 0.3) is 0 Å². The predicted molar refractivity (Wildman–Crippen MR) is 54.2 cm³/mol. The van der Waals surface area contributed by atoms with Crippen molar-refractivity contribution in [2.45, 2.75) is 13.8 Å². The minimum atomic E-state index is 0.967. The first-order valence-electron chi connectivity index (χ1n) is 4.20. The van der Waals surface area contributed by atoms with Crippen LogP contribution in [0.5, 0.6) is 0 Å². The molecule has 0 unspecified atom stereocenters. The summed E-state index contributed by atoms with van der Waals surface area (Å²) in [7, 11) is 6.02. The van der Waals surface area contributed by atoms with Gasteiger partial charge >= 0.3 is 0 Å². The Balaban J connectivity index is 4.42. The summed E-state index contributed by atoms with van der Waals surface area (Å²) in [5, 5.41) is 0. The van der Waals surface area contributed by atoms with Gasteiger partial charge in [-0.15, -0.1) is 0 Å². The van der Waals surface area contributed by atoms with Crippen molar-refractivity contribution >= 4 is 5.96 Å². The minimum absolute atomic E-state index is 0.967. The van der Waals surface area contributed by atoms with Crippen LogP contribution in [-0.4, -0.2) is 43.4 Å². The van der Waals surface area contributed by atoms with Crippen LogP contribution in [0.15, 0.2) is 17.3 Å². The average Bonchev–Trinajstić information content (AvgIpc) is 2.04. The number of hydrogen-bond acceptors (Lipinski definition) is 1. The smallest absolute Gasteiger partial charge is 0.200 e. The summed E-state index contributed by atoms with van der Waals surface area (Å²) in [5.74, 6) is 0.982. The van der Waals surface area contributed by atoms with E-state index < -0.39 is 0 Å². The average molecular weight is 169 g/mol. The van der Waals surface area contributed by atoms with Crippen LogP contribution in [0.2, 0.25) is 0 Å². The molecule has 3 heteroatoms. The maximum absolute atomic E-state index is 4.30. The monoisotopic (exact) mass is 169 g/mol. The molecule has 0 N–H and O–H groups in total. The molecule has 0 spiro atoms. The van der Waals surface area contributed by atoms with E-state index in [4.69, 9.17) is 0 Å². The highest BCUT2D eigenvalue weighted by Crippen LogP contribution is 1.92. The summed E-state index contributed by atoms with van der Waals surface area (Å²) < 4.78 is 0. The highest BCUT2D eigenvalue weighted by atomic mass is 15.3. The van der Waals surface area contributed by atoms with E-state index in [1.165, 1.54) is 0 Å². The van der Waals surface area contributed by atoms with Crippen molar-refractivity contribution in [3.63, 3.8) is 0 Å². The fraction of sp³-hybridized carbons (Fsp3) is 0.667. The zero-order chi connectivity index (χ0) is 9.56. The summed E-state index contributed by atoms with van der Waals surface area (Å²) in [4.78, 5) is 8.40. The minimum Gasteiger partial charge on any atom is -0.349 e. The normalized spacial score (nSPS) is 12.2. The van der Waals surface area contributed by atoms with Gasteiger partial charge in [0.2, 0.25) is 0 Å². The molecular weight excluding hydrogens is 150 g/mol. The molecular formula is C9H19N3. The number of hydrogen-bond donors (Lipinski definition) is 0. The van der Waals surface area contributed by atoms with Crippen molar-refractivity contribution < 1.29 is 0 Å². The predicted octanol–water partition coefficient (Wildman–Crippen LogP) is 1.39. The van der Waals surface area contributed by atoms with Crippen molar-refractivity contribution in [2.24, 2.45) is 4.99 Å². The van der Waals surface area contributed by atoms with Gasteiger partial charge in [-0.2, -0.15) is 0 Å². The molecule has 0 amide bonds. The van der Waals surface area contributed by atoms with E-state index in [9.17, 15) is 0 Å². The van der Waals surface area contributed by atoms with Gasteiger partial charge in [-0.3, -0.25) is 0 Å². The van der Waals surface area contributed by atoms with Gasteiger partial charge in [-0.25, -0.2) is 4.99 Å². The van der Waals surface area contributed by atoms with Crippen LogP contribution >= 0.6 is 0 Å². The van der Waals surface area contributed by atoms with Gasteiger partial charge in [-0.05, 0) is 13.8 Å². The quantitative estimate of drug-likeness (QED) is 0.459. The molecule has 0 aromatic carbocycles. The fourth-order valence-corrected chi connectivity index (χ4v) is 0.838. The second-order valence-corrected chi connectivity index (χ2v) is 2.82. The maximum atomic E-state index is 4.30. The van der Waals surface area contributed by atoms with Gasteiger partial charge < -0.3 is 9.80 Å². The molecule has 0 heterocycles. The number of aliphatic imine (C=N–C) groups is 1. The van der Waals surface area contributed by atoms with E-state index in [0.29, 0.717) is 0 Å². The molecule has 0 fully saturated rings. The molecule has 0 atom stereocenters. The lowest BCUT2D eigenvalue weighted by atomic mass is 10.6. The van der Waals surface area contributed by atoms with E-state index >= 15 is 0 Å². The Kier molecular flexibility index (Phi) is 5.17. The van der Waals surface area contributed by atoms with Crippen LogP contribution in [0, 0.1) is 0 Å². The SMILES string of the molecule is C/C=C/N=C(\N(C)C)N(C)CC. The molecule has 0 aromatic heterocycles. The lowest BCUT2D eigenvalue weighted by molar-refractivity contribution is 0.441. The summed E-state index contributed by atoms with van der Waals surface area (Å²) in [6, 6.07) is 0. The van der Waals surface area contributed by atoms with E-state index in [2.05, 4.69) is 16.8 Å². The van der Waals surface area contributed by atoms with Gasteiger partial charge in [0.05, 0.1) is 0 Å². The Morgan fingerprint density at radius 3 is 2.25 bits per heavy atom. The van der Waals surface area contributed by atoms with Crippen molar-refractivity contribution in [2.75, 3.05) is 27.7 Å². The Morgan fingerprint density at radius 1 is 1.33 bits per heavy atom. The highest BCUT2D eigenvalue weighted by Gasteiger charge is 2.04. The third-order valence-corrected chi connectivity index (χ3v) is 1.55. The Bertz CT molecular complexity index is 171. The van der Waals surface area contributed by atoms with Crippen LogP contribution in [0.3, 0.4) is 0 Å². The Labute approximate surface area is 75.4 Å². The van der Waals surface area contributed by atoms with E-state index in [1.807, 2.05) is 45.2 Å². The Morgan fingerprint density at radius 2 is 1.92 bits per heavy atom. The third kappa shape index (κ3) is 3.42. The summed E-state index contributed by atoms with van der Waals surface area (Å²) >= 11 is 0. The molecule has 0 rings (SSSR count). The molecule has 70 valence electrons. The molecule has 0 saturated carbocycles. The second-order valence-electron chi connectivity index (χ2n) is 2.82. The molecule has 0 aliphatic heterocycles. The largest absolute Gasteiger partial charge is 0.349 e. The van der Waals surface area contributed by atoms with Gasteiger partial charge in [0, 0.05) is 33.9 Å². The van der Waals surface area contributed by atoms with Crippen LogP contribution in [0.1, 0.15) is 13.8 Å². The van der Waals surface area contributed by atoms with Crippen molar-refractivity contribution in [3.8, 4) is 0 Å². The van der Waals surface area contributed by atoms with Gasteiger partial charge in [0.1, 0.15) is 0 Å². The number of allylic oxidation sites excluding steroid dienone is 1. The lowest BCUT2D eigenvalue weighted by Gasteiger charge is -2.24. The van der Waals surface area contributed by atoms with Crippen molar-refractivity contribution in [1.82, 2.24) is 9.80 Å².